The molecule has 0 amide bonds. The fourth-order valence-corrected chi connectivity index (χ4v) is 3.63. The van der Waals surface area contributed by atoms with Gasteiger partial charge in [-0.15, -0.1) is 0 Å². The van der Waals surface area contributed by atoms with Crippen molar-refractivity contribution >= 4 is 11.8 Å². The van der Waals surface area contributed by atoms with Crippen LogP contribution in [-0.2, 0) is 11.3 Å². The number of nitrogens with one attached hydrogen (secondary N) is 1. The molecule has 0 saturated carbocycles. The number of hydrogen-bond donors (Lipinski definition) is 2. The van der Waals surface area contributed by atoms with E-state index in [-0.39, 0.29) is 17.3 Å². The number of rotatable bonds is 9. The van der Waals surface area contributed by atoms with Crippen molar-refractivity contribution in [1.29, 1.82) is 0 Å². The van der Waals surface area contributed by atoms with Crippen molar-refractivity contribution in [1.82, 2.24) is 15.0 Å². The Bertz CT molecular complexity index is 1280. The van der Waals surface area contributed by atoms with Crippen LogP contribution in [0, 0.1) is 17.6 Å². The summed E-state index contributed by atoms with van der Waals surface area (Å²) in [5, 5.41) is 12.8. The van der Waals surface area contributed by atoms with Crippen molar-refractivity contribution in [2.24, 2.45) is 5.92 Å². The lowest BCUT2D eigenvalue weighted by Crippen LogP contribution is -2.21. The van der Waals surface area contributed by atoms with Crippen LogP contribution in [0.1, 0.15) is 29.7 Å². The molecule has 0 saturated heterocycles. The quantitative estimate of drug-likeness (QED) is 0.334. The first kappa shape index (κ1) is 23.7. The molecule has 0 aliphatic carbocycles. The summed E-state index contributed by atoms with van der Waals surface area (Å²) in [6.45, 7) is 2.03. The van der Waals surface area contributed by atoms with Gasteiger partial charge in [0.05, 0.1) is 11.6 Å². The maximum atomic E-state index is 13.9. The second kappa shape index (κ2) is 10.7. The van der Waals surface area contributed by atoms with E-state index in [0.717, 1.165) is 29.6 Å². The van der Waals surface area contributed by atoms with Gasteiger partial charge >= 0.3 is 12.0 Å². The number of carbonyl (C=O) groups is 1. The third-order valence-electron chi connectivity index (χ3n) is 5.38. The number of carboxylic acids is 1. The maximum Gasteiger partial charge on any atom is 0.322 e. The van der Waals surface area contributed by atoms with Crippen LogP contribution < -0.4 is 10.1 Å². The number of benzene rings is 2. The number of aliphatic carboxylic acids is 1. The molecule has 0 fully saturated rings. The Morgan fingerprint density at radius 2 is 1.74 bits per heavy atom. The summed E-state index contributed by atoms with van der Waals surface area (Å²) >= 11 is 0. The van der Waals surface area contributed by atoms with E-state index in [1.165, 1.54) is 19.2 Å². The van der Waals surface area contributed by atoms with Gasteiger partial charge in [-0.05, 0) is 53.6 Å². The predicted molar refractivity (Wildman–Crippen MR) is 125 cm³/mol. The summed E-state index contributed by atoms with van der Waals surface area (Å²) in [5.41, 5.74) is 1.43. The van der Waals surface area contributed by atoms with Crippen molar-refractivity contribution in [2.75, 3.05) is 5.32 Å². The predicted octanol–water partition coefficient (Wildman–Crippen LogP) is 5.41. The standard InChI is InChI=1S/C26H22F2N4O3/c1-16(25(33)34)24(18-12-19(27)14-20(28)13-18)22-9-11-30-26(32-22)35-21-7-5-17(6-8-21)15-31-23-4-2-3-10-29-23/h2-14,16,24H,15H2,1H3,(H,29,31)(H,33,34). The zero-order valence-electron chi connectivity index (χ0n) is 18.7. The van der Waals surface area contributed by atoms with E-state index in [0.29, 0.717) is 12.3 Å². The molecule has 2 heterocycles. The molecule has 0 aliphatic heterocycles. The van der Waals surface area contributed by atoms with E-state index >= 15 is 0 Å². The van der Waals surface area contributed by atoms with E-state index in [4.69, 9.17) is 4.74 Å². The maximum absolute atomic E-state index is 13.9. The number of nitrogens with zero attached hydrogens (tertiary/aromatic N) is 3. The van der Waals surface area contributed by atoms with Crippen molar-refractivity contribution in [3.63, 3.8) is 0 Å². The van der Waals surface area contributed by atoms with Gasteiger partial charge in [0.25, 0.3) is 0 Å². The van der Waals surface area contributed by atoms with Gasteiger partial charge in [0, 0.05) is 30.9 Å². The normalized spacial score (nSPS) is 12.5. The highest BCUT2D eigenvalue weighted by Gasteiger charge is 2.29. The largest absolute Gasteiger partial charge is 0.481 e. The molecule has 0 aliphatic rings. The molecule has 0 spiro atoms. The average Bonchev–Trinajstić information content (AvgIpc) is 2.84. The lowest BCUT2D eigenvalue weighted by atomic mass is 9.84. The van der Waals surface area contributed by atoms with Gasteiger partial charge in [-0.25, -0.2) is 18.7 Å². The molecule has 4 aromatic rings. The second-order valence-corrected chi connectivity index (χ2v) is 7.89. The summed E-state index contributed by atoms with van der Waals surface area (Å²) in [5.74, 6) is -3.41. The zero-order chi connectivity index (χ0) is 24.8. The average molecular weight is 476 g/mol. The molecule has 2 atom stereocenters. The van der Waals surface area contributed by atoms with Gasteiger partial charge in [-0.3, -0.25) is 4.79 Å². The van der Waals surface area contributed by atoms with E-state index in [1.54, 1.807) is 18.3 Å². The number of carboxylic acid groups (broad SMARTS) is 1. The molecule has 2 unspecified atom stereocenters. The van der Waals surface area contributed by atoms with Gasteiger partial charge in [-0.2, -0.15) is 4.98 Å². The monoisotopic (exact) mass is 476 g/mol. The van der Waals surface area contributed by atoms with E-state index in [1.807, 2.05) is 30.3 Å². The molecular formula is C26H22F2N4O3. The molecule has 0 bridgehead atoms. The first-order chi connectivity index (χ1) is 16.9. The zero-order valence-corrected chi connectivity index (χ0v) is 18.7. The molecule has 9 heteroatoms. The lowest BCUT2D eigenvalue weighted by Gasteiger charge is -2.21. The summed E-state index contributed by atoms with van der Waals surface area (Å²) in [7, 11) is 0. The topological polar surface area (TPSA) is 97.2 Å². The van der Waals surface area contributed by atoms with Crippen molar-refractivity contribution in [3.05, 3.63) is 108 Å². The number of halogens is 2. The Morgan fingerprint density at radius 3 is 2.40 bits per heavy atom. The van der Waals surface area contributed by atoms with E-state index < -0.39 is 29.4 Å². The highest BCUT2D eigenvalue weighted by atomic mass is 19.1. The van der Waals surface area contributed by atoms with Gasteiger partial charge in [0.2, 0.25) is 0 Å². The van der Waals surface area contributed by atoms with Crippen LogP contribution in [-0.4, -0.2) is 26.0 Å². The van der Waals surface area contributed by atoms with Crippen molar-refractivity contribution in [3.8, 4) is 11.8 Å². The molecule has 2 aromatic heterocycles. The Balaban J connectivity index is 1.52. The molecule has 2 N–H and O–H groups in total. The molecule has 0 radical (unpaired) electrons. The summed E-state index contributed by atoms with van der Waals surface area (Å²) < 4.78 is 33.5. The Hall–Kier alpha value is -4.40. The first-order valence-electron chi connectivity index (χ1n) is 10.8. The summed E-state index contributed by atoms with van der Waals surface area (Å²) in [6.07, 6.45) is 3.12. The summed E-state index contributed by atoms with van der Waals surface area (Å²) in [6, 6.07) is 17.3. The van der Waals surface area contributed by atoms with Crippen LogP contribution >= 0.6 is 0 Å². The number of hydrogen-bond acceptors (Lipinski definition) is 6. The highest BCUT2D eigenvalue weighted by Crippen LogP contribution is 2.33. The highest BCUT2D eigenvalue weighted by molar-refractivity contribution is 5.71. The third kappa shape index (κ3) is 6.14. The summed E-state index contributed by atoms with van der Waals surface area (Å²) in [4.78, 5) is 24.4. The smallest absolute Gasteiger partial charge is 0.322 e. The van der Waals surface area contributed by atoms with Gasteiger partial charge in [0.15, 0.2) is 0 Å². The van der Waals surface area contributed by atoms with Crippen LogP contribution in [0.4, 0.5) is 14.6 Å². The number of pyridine rings is 1. The van der Waals surface area contributed by atoms with Crippen molar-refractivity contribution in [2.45, 2.75) is 19.4 Å². The third-order valence-corrected chi connectivity index (χ3v) is 5.38. The van der Waals surface area contributed by atoms with Crippen molar-refractivity contribution < 1.29 is 23.4 Å². The minimum Gasteiger partial charge on any atom is -0.481 e. The Morgan fingerprint density at radius 1 is 1.00 bits per heavy atom. The SMILES string of the molecule is CC(C(=O)O)C(c1cc(F)cc(F)c1)c1ccnc(Oc2ccc(CNc3ccccn3)cc2)n1. The first-order valence-corrected chi connectivity index (χ1v) is 10.8. The van der Waals surface area contributed by atoms with Crippen LogP contribution in [0.5, 0.6) is 11.8 Å². The molecule has 2 aromatic carbocycles. The molecular weight excluding hydrogens is 454 g/mol. The van der Waals surface area contributed by atoms with Crippen LogP contribution in [0.25, 0.3) is 0 Å². The van der Waals surface area contributed by atoms with Gasteiger partial charge in [0.1, 0.15) is 23.2 Å². The molecule has 7 nitrogen and oxygen atoms in total. The second-order valence-electron chi connectivity index (χ2n) is 7.89. The van der Waals surface area contributed by atoms with Crippen LogP contribution in [0.3, 0.4) is 0 Å². The number of anilines is 1. The lowest BCUT2D eigenvalue weighted by molar-refractivity contribution is -0.141. The van der Waals surface area contributed by atoms with Crippen LogP contribution in [0.15, 0.2) is 79.1 Å². The fourth-order valence-electron chi connectivity index (χ4n) is 3.63. The Kier molecular flexibility index (Phi) is 7.25. The van der Waals surface area contributed by atoms with Gasteiger partial charge in [-0.1, -0.05) is 25.1 Å². The minimum atomic E-state index is -1.13. The Labute approximate surface area is 200 Å². The van der Waals surface area contributed by atoms with Gasteiger partial charge < -0.3 is 15.2 Å². The fraction of sp³-hybridized carbons (Fsp3) is 0.154. The molecule has 4 rings (SSSR count). The molecule has 178 valence electrons. The number of ether oxygens (including phenoxy) is 1. The molecule has 35 heavy (non-hydrogen) atoms. The van der Waals surface area contributed by atoms with E-state index in [9.17, 15) is 18.7 Å². The minimum absolute atomic E-state index is 0.0127. The van der Waals surface area contributed by atoms with Crippen LogP contribution in [0.2, 0.25) is 0 Å². The van der Waals surface area contributed by atoms with E-state index in [2.05, 4.69) is 20.3 Å². The number of aromatic nitrogens is 3.